The van der Waals surface area contributed by atoms with E-state index >= 15 is 0 Å². The average Bonchev–Trinajstić information content (AvgIpc) is 2.93. The molecular formula is C13H18BrClN2O2S. The van der Waals surface area contributed by atoms with Crippen LogP contribution in [0.1, 0.15) is 12.8 Å². The van der Waals surface area contributed by atoms with Crippen LogP contribution < -0.4 is 5.73 Å². The van der Waals surface area contributed by atoms with Crippen LogP contribution >= 0.6 is 28.3 Å². The number of fused-ring (bicyclic) bond motifs is 1. The van der Waals surface area contributed by atoms with E-state index in [9.17, 15) is 8.42 Å². The van der Waals surface area contributed by atoms with Gasteiger partial charge in [-0.15, -0.1) is 12.4 Å². The number of nitrogens with two attached hydrogens (primary N) is 1. The molecule has 1 saturated carbocycles. The van der Waals surface area contributed by atoms with E-state index in [1.54, 1.807) is 28.6 Å². The van der Waals surface area contributed by atoms with Crippen molar-refractivity contribution in [3.8, 4) is 0 Å². The minimum absolute atomic E-state index is 0. The zero-order valence-corrected chi connectivity index (χ0v) is 14.1. The van der Waals surface area contributed by atoms with Gasteiger partial charge in [-0.3, -0.25) is 0 Å². The number of hydrogen-bond donors (Lipinski definition) is 1. The first-order valence-corrected chi connectivity index (χ1v) is 8.73. The summed E-state index contributed by atoms with van der Waals surface area (Å²) in [6, 6.07) is 6.97. The second-order valence-corrected chi connectivity index (χ2v) is 8.29. The van der Waals surface area contributed by atoms with Crippen molar-refractivity contribution in [2.75, 3.05) is 13.1 Å². The predicted octanol–water partition coefficient (Wildman–Crippen LogP) is 2.23. The Balaban J connectivity index is 0.00000147. The highest BCUT2D eigenvalue weighted by atomic mass is 79.9. The summed E-state index contributed by atoms with van der Waals surface area (Å²) >= 11 is 3.32. The highest BCUT2D eigenvalue weighted by molar-refractivity contribution is 9.10. The number of nitrogens with zero attached hydrogens (tertiary/aromatic N) is 1. The van der Waals surface area contributed by atoms with E-state index in [0.717, 1.165) is 17.3 Å². The van der Waals surface area contributed by atoms with Gasteiger partial charge in [0.15, 0.2) is 0 Å². The topological polar surface area (TPSA) is 63.4 Å². The van der Waals surface area contributed by atoms with Gasteiger partial charge in [0.2, 0.25) is 10.0 Å². The summed E-state index contributed by atoms with van der Waals surface area (Å²) in [5, 5.41) is 0. The van der Waals surface area contributed by atoms with Crippen LogP contribution in [0.3, 0.4) is 0 Å². The molecule has 0 bridgehead atoms. The van der Waals surface area contributed by atoms with Crippen molar-refractivity contribution in [1.82, 2.24) is 4.31 Å². The molecule has 2 aliphatic rings. The molecule has 7 heteroatoms. The van der Waals surface area contributed by atoms with Crippen molar-refractivity contribution >= 4 is 38.4 Å². The Bertz CT molecular complexity index is 579. The molecule has 1 saturated heterocycles. The minimum Gasteiger partial charge on any atom is -0.327 e. The Kier molecular flexibility index (Phi) is 4.81. The van der Waals surface area contributed by atoms with Crippen molar-refractivity contribution in [3.63, 3.8) is 0 Å². The van der Waals surface area contributed by atoms with Gasteiger partial charge in [0, 0.05) is 23.6 Å². The number of benzene rings is 1. The standard InChI is InChI=1S/C13H17BrN2O2S.ClH/c14-10-2-4-11(5-3-10)19(17,18)16-7-9-1-6-13(15)12(9)8-16;/h2-5,9,12-13H,1,6-8,15H2;1H. The summed E-state index contributed by atoms with van der Waals surface area (Å²) in [7, 11) is -3.36. The van der Waals surface area contributed by atoms with E-state index in [-0.39, 0.29) is 18.4 Å². The molecule has 1 aliphatic carbocycles. The van der Waals surface area contributed by atoms with Crippen LogP contribution in [-0.4, -0.2) is 31.9 Å². The Morgan fingerprint density at radius 2 is 1.80 bits per heavy atom. The van der Waals surface area contributed by atoms with E-state index < -0.39 is 10.0 Å². The van der Waals surface area contributed by atoms with E-state index in [1.807, 2.05) is 0 Å². The Hall–Kier alpha value is -0.140. The maximum absolute atomic E-state index is 12.6. The molecule has 1 heterocycles. The highest BCUT2D eigenvalue weighted by Crippen LogP contribution is 2.39. The van der Waals surface area contributed by atoms with Gasteiger partial charge in [-0.05, 0) is 48.9 Å². The molecule has 0 radical (unpaired) electrons. The van der Waals surface area contributed by atoms with E-state index in [1.165, 1.54) is 0 Å². The third-order valence-electron chi connectivity index (χ3n) is 4.33. The minimum atomic E-state index is -3.36. The second-order valence-electron chi connectivity index (χ2n) is 5.44. The van der Waals surface area contributed by atoms with Crippen molar-refractivity contribution in [2.45, 2.75) is 23.8 Å². The first-order valence-electron chi connectivity index (χ1n) is 6.50. The Morgan fingerprint density at radius 1 is 1.15 bits per heavy atom. The molecule has 2 fully saturated rings. The van der Waals surface area contributed by atoms with Crippen LogP contribution in [0.2, 0.25) is 0 Å². The van der Waals surface area contributed by atoms with Crippen LogP contribution in [-0.2, 0) is 10.0 Å². The first kappa shape index (κ1) is 16.2. The second kappa shape index (κ2) is 5.93. The Morgan fingerprint density at radius 3 is 2.40 bits per heavy atom. The molecule has 112 valence electrons. The van der Waals surface area contributed by atoms with E-state index in [0.29, 0.717) is 29.8 Å². The molecule has 3 rings (SSSR count). The molecule has 0 aromatic heterocycles. The molecule has 3 unspecified atom stereocenters. The summed E-state index contributed by atoms with van der Waals surface area (Å²) in [5.74, 6) is 0.783. The fraction of sp³-hybridized carbons (Fsp3) is 0.538. The zero-order valence-electron chi connectivity index (χ0n) is 10.9. The average molecular weight is 382 g/mol. The fourth-order valence-corrected chi connectivity index (χ4v) is 5.02. The molecular weight excluding hydrogens is 364 g/mol. The zero-order chi connectivity index (χ0) is 13.6. The van der Waals surface area contributed by atoms with Gasteiger partial charge < -0.3 is 5.73 Å². The molecule has 4 nitrogen and oxygen atoms in total. The maximum atomic E-state index is 12.6. The van der Waals surface area contributed by atoms with E-state index in [4.69, 9.17) is 5.73 Å². The predicted molar refractivity (Wildman–Crippen MR) is 84.3 cm³/mol. The van der Waals surface area contributed by atoms with Crippen LogP contribution in [0, 0.1) is 11.8 Å². The largest absolute Gasteiger partial charge is 0.327 e. The van der Waals surface area contributed by atoms with Crippen LogP contribution in [0.5, 0.6) is 0 Å². The van der Waals surface area contributed by atoms with Gasteiger partial charge in [0.25, 0.3) is 0 Å². The fourth-order valence-electron chi connectivity index (χ4n) is 3.22. The molecule has 20 heavy (non-hydrogen) atoms. The third-order valence-corrected chi connectivity index (χ3v) is 6.70. The number of halogens is 2. The molecule has 0 spiro atoms. The Labute approximate surface area is 134 Å². The summed E-state index contributed by atoms with van der Waals surface area (Å²) in [5.41, 5.74) is 6.06. The van der Waals surface area contributed by atoms with Gasteiger partial charge in [0.05, 0.1) is 4.90 Å². The first-order chi connectivity index (χ1) is 8.98. The lowest BCUT2D eigenvalue weighted by molar-refractivity contribution is 0.427. The lowest BCUT2D eigenvalue weighted by Gasteiger charge is -2.18. The molecule has 1 aromatic carbocycles. The molecule has 1 aliphatic heterocycles. The summed E-state index contributed by atoms with van der Waals surface area (Å²) < 4.78 is 27.6. The van der Waals surface area contributed by atoms with Gasteiger partial charge in [-0.25, -0.2) is 8.42 Å². The summed E-state index contributed by atoms with van der Waals surface area (Å²) in [4.78, 5) is 0.365. The van der Waals surface area contributed by atoms with Gasteiger partial charge in [-0.2, -0.15) is 4.31 Å². The molecule has 0 amide bonds. The van der Waals surface area contributed by atoms with Crippen LogP contribution in [0.4, 0.5) is 0 Å². The molecule has 1 aromatic rings. The summed E-state index contributed by atoms with van der Waals surface area (Å²) in [6.07, 6.45) is 2.08. The van der Waals surface area contributed by atoms with Crippen molar-refractivity contribution in [3.05, 3.63) is 28.7 Å². The van der Waals surface area contributed by atoms with Gasteiger partial charge in [-0.1, -0.05) is 15.9 Å². The smallest absolute Gasteiger partial charge is 0.243 e. The monoisotopic (exact) mass is 380 g/mol. The van der Waals surface area contributed by atoms with Crippen molar-refractivity contribution < 1.29 is 8.42 Å². The molecule has 2 N–H and O–H groups in total. The SMILES string of the molecule is Cl.NC1CCC2CN(S(=O)(=O)c3ccc(Br)cc3)CC12. The lowest BCUT2D eigenvalue weighted by Crippen LogP contribution is -2.33. The third kappa shape index (κ3) is 2.76. The number of rotatable bonds is 2. The highest BCUT2D eigenvalue weighted by Gasteiger charge is 2.44. The number of sulfonamides is 1. The quantitative estimate of drug-likeness (QED) is 0.854. The maximum Gasteiger partial charge on any atom is 0.243 e. The number of hydrogen-bond acceptors (Lipinski definition) is 3. The van der Waals surface area contributed by atoms with Crippen molar-refractivity contribution in [1.29, 1.82) is 0 Å². The molecule has 3 atom stereocenters. The summed E-state index contributed by atoms with van der Waals surface area (Å²) in [6.45, 7) is 1.20. The lowest BCUT2D eigenvalue weighted by atomic mass is 9.98. The van der Waals surface area contributed by atoms with E-state index in [2.05, 4.69) is 15.9 Å². The van der Waals surface area contributed by atoms with Gasteiger partial charge >= 0.3 is 0 Å². The van der Waals surface area contributed by atoms with Crippen LogP contribution in [0.15, 0.2) is 33.6 Å². The van der Waals surface area contributed by atoms with Crippen LogP contribution in [0.25, 0.3) is 0 Å². The van der Waals surface area contributed by atoms with Crippen molar-refractivity contribution in [2.24, 2.45) is 17.6 Å². The van der Waals surface area contributed by atoms with Gasteiger partial charge in [0.1, 0.15) is 0 Å². The normalized spacial score (nSPS) is 30.0.